The highest BCUT2D eigenvalue weighted by Gasteiger charge is 2.33. The Morgan fingerprint density at radius 3 is 2.33 bits per heavy atom. The molecule has 1 saturated heterocycles. The lowest BCUT2D eigenvalue weighted by atomic mass is 10.3. The Balaban J connectivity index is 2.10. The minimum atomic E-state index is -0.111. The van der Waals surface area contributed by atoms with E-state index in [0.29, 0.717) is 0 Å². The summed E-state index contributed by atoms with van der Waals surface area (Å²) in [6, 6.07) is 0. The van der Waals surface area contributed by atoms with Gasteiger partial charge in [0, 0.05) is 0 Å². The molecule has 72 valence electrons. The topological polar surface area (TPSA) is 6.48 Å². The van der Waals surface area contributed by atoms with Crippen molar-refractivity contribution in [2.75, 3.05) is 13.1 Å². The average Bonchev–Trinajstić information content (AvgIpc) is 2.09. The molecule has 1 atom stereocenters. The van der Waals surface area contributed by atoms with Gasteiger partial charge in [0.1, 0.15) is 5.62 Å². The predicted molar refractivity (Wildman–Crippen MR) is 56.8 cm³/mol. The van der Waals surface area contributed by atoms with Gasteiger partial charge in [-0.3, -0.25) is 9.13 Å². The Kier molecular flexibility index (Phi) is 4.57. The van der Waals surface area contributed by atoms with Crippen LogP contribution in [0.1, 0.15) is 33.1 Å². The van der Waals surface area contributed by atoms with Crippen LogP contribution in [0.5, 0.6) is 0 Å². The molecule has 0 aliphatic carbocycles. The van der Waals surface area contributed by atoms with E-state index in [1.807, 2.05) is 0 Å². The molecule has 12 heavy (non-hydrogen) atoms. The molecule has 1 rings (SSSR count). The number of nitrogens with zero attached hydrogens (tertiary/aromatic N) is 2. The maximum absolute atomic E-state index is 6.18. The molecule has 1 aliphatic rings. The summed E-state index contributed by atoms with van der Waals surface area (Å²) < 4.78 is 4.90. The van der Waals surface area contributed by atoms with Gasteiger partial charge in [-0.15, -0.1) is 0 Å². The van der Waals surface area contributed by atoms with Gasteiger partial charge in [0.15, 0.2) is 9.84 Å². The molecule has 2 nitrogen and oxygen atoms in total. The van der Waals surface area contributed by atoms with Crippen molar-refractivity contribution in [3.63, 3.8) is 0 Å². The summed E-state index contributed by atoms with van der Waals surface area (Å²) >= 11 is 6.18. The highest BCUT2D eigenvalue weighted by atomic mass is 35.5. The van der Waals surface area contributed by atoms with Crippen molar-refractivity contribution in [3.8, 4) is 0 Å². The van der Waals surface area contributed by atoms with Gasteiger partial charge < -0.3 is 0 Å². The average molecular weight is 207 g/mol. The quantitative estimate of drug-likeness (QED) is 0.381. The van der Waals surface area contributed by atoms with Crippen molar-refractivity contribution in [1.82, 2.24) is 9.13 Å². The van der Waals surface area contributed by atoms with E-state index in [4.69, 9.17) is 11.6 Å². The highest BCUT2D eigenvalue weighted by molar-refractivity contribution is 6.39. The third-order valence-corrected chi connectivity index (χ3v) is 5.34. The minimum Gasteiger partial charge on any atom is -0.289 e. The molecule has 1 fully saturated rings. The van der Waals surface area contributed by atoms with Crippen molar-refractivity contribution >= 4 is 21.4 Å². The zero-order chi connectivity index (χ0) is 8.97. The SMILES string of the molecule is CCCCN1[SiH2]N(CCC)C1Cl. The van der Waals surface area contributed by atoms with Crippen LogP contribution in [-0.4, -0.2) is 37.7 Å². The number of unbranched alkanes of at least 4 members (excludes halogenated alkanes) is 1. The summed E-state index contributed by atoms with van der Waals surface area (Å²) in [7, 11) is -0.111. The summed E-state index contributed by atoms with van der Waals surface area (Å²) in [6.45, 7) is 6.86. The predicted octanol–water partition coefficient (Wildman–Crippen LogP) is 1.34. The van der Waals surface area contributed by atoms with Crippen LogP contribution in [0, 0.1) is 0 Å². The lowest BCUT2D eigenvalue weighted by Gasteiger charge is -2.47. The molecule has 1 heterocycles. The molecule has 0 N–H and O–H groups in total. The second-order valence-corrected chi connectivity index (χ2v) is 5.73. The van der Waals surface area contributed by atoms with Crippen LogP contribution in [0.25, 0.3) is 0 Å². The van der Waals surface area contributed by atoms with E-state index in [1.54, 1.807) is 0 Å². The van der Waals surface area contributed by atoms with Crippen molar-refractivity contribution in [2.45, 2.75) is 38.7 Å². The monoisotopic (exact) mass is 206 g/mol. The number of rotatable bonds is 5. The first kappa shape index (κ1) is 10.5. The van der Waals surface area contributed by atoms with Gasteiger partial charge in [-0.1, -0.05) is 31.9 Å². The third-order valence-electron chi connectivity index (χ3n) is 2.28. The lowest BCUT2D eigenvalue weighted by molar-refractivity contribution is 0.161. The van der Waals surface area contributed by atoms with E-state index < -0.39 is 0 Å². The molecular formula is C8H19ClN2Si. The smallest absolute Gasteiger partial charge is 0.177 e. The van der Waals surface area contributed by atoms with E-state index in [2.05, 4.69) is 23.0 Å². The molecule has 0 spiro atoms. The van der Waals surface area contributed by atoms with Gasteiger partial charge in [0.2, 0.25) is 0 Å². The van der Waals surface area contributed by atoms with E-state index >= 15 is 0 Å². The van der Waals surface area contributed by atoms with Crippen molar-refractivity contribution in [3.05, 3.63) is 0 Å². The molecule has 0 aromatic rings. The molecule has 0 bridgehead atoms. The molecule has 0 aromatic heterocycles. The number of halogens is 1. The summed E-state index contributed by atoms with van der Waals surface area (Å²) in [5.41, 5.74) is 0.239. The molecule has 0 radical (unpaired) electrons. The zero-order valence-corrected chi connectivity index (χ0v) is 10.3. The van der Waals surface area contributed by atoms with E-state index in [0.717, 1.165) is 0 Å². The number of hydrogen-bond donors (Lipinski definition) is 0. The van der Waals surface area contributed by atoms with Crippen LogP contribution in [0.15, 0.2) is 0 Å². The maximum Gasteiger partial charge on any atom is 0.177 e. The van der Waals surface area contributed by atoms with Crippen molar-refractivity contribution < 1.29 is 0 Å². The van der Waals surface area contributed by atoms with Gasteiger partial charge in [-0.05, 0) is 25.9 Å². The van der Waals surface area contributed by atoms with E-state index in [-0.39, 0.29) is 15.5 Å². The maximum atomic E-state index is 6.18. The van der Waals surface area contributed by atoms with Gasteiger partial charge in [-0.2, -0.15) is 0 Å². The van der Waals surface area contributed by atoms with Crippen LogP contribution in [-0.2, 0) is 0 Å². The fraction of sp³-hybridized carbons (Fsp3) is 1.00. The van der Waals surface area contributed by atoms with Crippen LogP contribution in [0.2, 0.25) is 0 Å². The Morgan fingerprint density at radius 2 is 1.83 bits per heavy atom. The standard InChI is InChI=1S/C8H19ClN2Si/c1-3-5-7-11-8(9)10(12-11)6-4-2/h8H,3-7,12H2,1-2H3. The van der Waals surface area contributed by atoms with E-state index in [1.165, 1.54) is 32.4 Å². The van der Waals surface area contributed by atoms with Crippen molar-refractivity contribution in [1.29, 1.82) is 0 Å². The first-order valence-electron chi connectivity index (χ1n) is 4.91. The number of alkyl halides is 1. The van der Waals surface area contributed by atoms with Crippen LogP contribution in [0.4, 0.5) is 0 Å². The van der Waals surface area contributed by atoms with Gasteiger partial charge in [-0.25, -0.2) is 0 Å². The Bertz CT molecular complexity index is 134. The number of hydrogen-bond acceptors (Lipinski definition) is 2. The molecular weight excluding hydrogens is 188 g/mol. The summed E-state index contributed by atoms with van der Waals surface area (Å²) in [6.07, 6.45) is 3.82. The molecule has 1 aliphatic heterocycles. The minimum absolute atomic E-state index is 0.111. The van der Waals surface area contributed by atoms with Gasteiger partial charge in [0.05, 0.1) is 0 Å². The largest absolute Gasteiger partial charge is 0.289 e. The summed E-state index contributed by atoms with van der Waals surface area (Å²) in [4.78, 5) is 0. The van der Waals surface area contributed by atoms with Crippen molar-refractivity contribution in [2.24, 2.45) is 0 Å². The van der Waals surface area contributed by atoms with E-state index in [9.17, 15) is 0 Å². The molecule has 0 amide bonds. The Hall–Kier alpha value is 0.427. The third kappa shape index (κ3) is 2.46. The Labute approximate surface area is 82.8 Å². The van der Waals surface area contributed by atoms with Crippen LogP contribution in [0.3, 0.4) is 0 Å². The Morgan fingerprint density at radius 1 is 1.17 bits per heavy atom. The van der Waals surface area contributed by atoms with Crippen LogP contribution < -0.4 is 0 Å². The molecule has 1 unspecified atom stereocenters. The summed E-state index contributed by atoms with van der Waals surface area (Å²) in [5.74, 6) is 0. The fourth-order valence-corrected chi connectivity index (χ4v) is 3.78. The summed E-state index contributed by atoms with van der Waals surface area (Å²) in [5, 5.41) is 0. The van der Waals surface area contributed by atoms with Gasteiger partial charge in [0.25, 0.3) is 0 Å². The molecule has 4 heteroatoms. The normalized spacial score (nSPS) is 27.8. The lowest BCUT2D eigenvalue weighted by Crippen LogP contribution is -2.64. The van der Waals surface area contributed by atoms with Crippen LogP contribution >= 0.6 is 11.6 Å². The molecule has 0 aromatic carbocycles. The zero-order valence-electron chi connectivity index (χ0n) is 8.09. The first-order chi connectivity index (χ1) is 5.79. The second-order valence-electron chi connectivity index (χ2n) is 3.43. The van der Waals surface area contributed by atoms with Gasteiger partial charge >= 0.3 is 0 Å². The first-order valence-corrected chi connectivity index (χ1v) is 6.62. The molecule has 0 saturated carbocycles. The fourth-order valence-electron chi connectivity index (χ4n) is 1.51. The second kappa shape index (κ2) is 5.22. The highest BCUT2D eigenvalue weighted by Crippen LogP contribution is 2.20.